The topological polar surface area (TPSA) is 59.9 Å². The lowest BCUT2D eigenvalue weighted by Gasteiger charge is -2.20. The molecule has 1 N–H and O–H groups in total. The minimum Gasteiger partial charge on any atom is -0.376 e. The zero-order valence-electron chi connectivity index (χ0n) is 12.5. The molecule has 0 bridgehead atoms. The average Bonchev–Trinajstić information content (AvgIpc) is 2.53. The molecule has 0 atom stereocenters. The average molecular weight is 284 g/mol. The molecule has 5 nitrogen and oxygen atoms in total. The van der Waals surface area contributed by atoms with Gasteiger partial charge in [0.2, 0.25) is 0 Å². The van der Waals surface area contributed by atoms with Gasteiger partial charge in [0.1, 0.15) is 5.82 Å². The van der Waals surface area contributed by atoms with Crippen LogP contribution in [0.3, 0.4) is 0 Å². The number of rotatable bonds is 4. The fourth-order valence-corrected chi connectivity index (χ4v) is 2.35. The van der Waals surface area contributed by atoms with Crippen LogP contribution >= 0.6 is 0 Å². The van der Waals surface area contributed by atoms with Gasteiger partial charge in [0, 0.05) is 36.0 Å². The first-order valence-corrected chi connectivity index (χ1v) is 7.42. The Balaban J connectivity index is 2.02. The number of pyridine rings is 1. The number of anilines is 1. The summed E-state index contributed by atoms with van der Waals surface area (Å²) in [5.74, 6) is 1.64. The van der Waals surface area contributed by atoms with Gasteiger partial charge in [-0.3, -0.25) is 4.98 Å². The SMILES string of the molecule is CCCNc1nc(-c2ccc(C)nc2)nc2c1COCC2. The first kappa shape index (κ1) is 13.9. The Morgan fingerprint density at radius 3 is 2.95 bits per heavy atom. The van der Waals surface area contributed by atoms with Crippen LogP contribution in [0.1, 0.15) is 30.3 Å². The lowest BCUT2D eigenvalue weighted by atomic mass is 10.1. The minimum absolute atomic E-state index is 0.591. The first-order chi connectivity index (χ1) is 10.3. The van der Waals surface area contributed by atoms with Gasteiger partial charge < -0.3 is 10.1 Å². The Hall–Kier alpha value is -2.01. The predicted octanol–water partition coefficient (Wildman–Crippen LogP) is 2.74. The molecule has 0 amide bonds. The van der Waals surface area contributed by atoms with Gasteiger partial charge in [-0.25, -0.2) is 9.97 Å². The van der Waals surface area contributed by atoms with Crippen LogP contribution in [0.4, 0.5) is 5.82 Å². The molecule has 110 valence electrons. The summed E-state index contributed by atoms with van der Waals surface area (Å²) >= 11 is 0. The van der Waals surface area contributed by atoms with E-state index in [0.29, 0.717) is 6.61 Å². The highest BCUT2D eigenvalue weighted by molar-refractivity contribution is 5.59. The van der Waals surface area contributed by atoms with Crippen LogP contribution in [0.2, 0.25) is 0 Å². The maximum atomic E-state index is 5.55. The van der Waals surface area contributed by atoms with Crippen molar-refractivity contribution in [3.8, 4) is 11.4 Å². The van der Waals surface area contributed by atoms with Crippen molar-refractivity contribution >= 4 is 5.82 Å². The third-order valence-corrected chi connectivity index (χ3v) is 3.53. The Bertz CT molecular complexity index is 625. The van der Waals surface area contributed by atoms with Crippen LogP contribution in [0.15, 0.2) is 18.3 Å². The van der Waals surface area contributed by atoms with Gasteiger partial charge in [0.25, 0.3) is 0 Å². The highest BCUT2D eigenvalue weighted by Gasteiger charge is 2.18. The molecule has 0 fully saturated rings. The van der Waals surface area contributed by atoms with Crippen molar-refractivity contribution in [1.82, 2.24) is 15.0 Å². The summed E-state index contributed by atoms with van der Waals surface area (Å²) in [6, 6.07) is 4.01. The van der Waals surface area contributed by atoms with E-state index in [2.05, 4.69) is 22.2 Å². The molecule has 0 saturated heterocycles. The summed E-state index contributed by atoms with van der Waals surface area (Å²) in [6.07, 6.45) is 3.73. The van der Waals surface area contributed by atoms with Crippen molar-refractivity contribution in [2.75, 3.05) is 18.5 Å². The van der Waals surface area contributed by atoms with Gasteiger partial charge in [-0.05, 0) is 25.5 Å². The number of hydrogen-bond donors (Lipinski definition) is 1. The molecule has 0 unspecified atom stereocenters. The van der Waals surface area contributed by atoms with E-state index in [4.69, 9.17) is 9.72 Å². The molecule has 1 aliphatic rings. The molecule has 5 heteroatoms. The van der Waals surface area contributed by atoms with Crippen molar-refractivity contribution in [3.63, 3.8) is 0 Å². The van der Waals surface area contributed by atoms with E-state index in [1.807, 2.05) is 25.3 Å². The van der Waals surface area contributed by atoms with E-state index in [1.165, 1.54) is 0 Å². The maximum absolute atomic E-state index is 5.55. The van der Waals surface area contributed by atoms with E-state index in [0.717, 1.165) is 60.2 Å². The van der Waals surface area contributed by atoms with Crippen molar-refractivity contribution in [3.05, 3.63) is 35.3 Å². The fraction of sp³-hybridized carbons (Fsp3) is 0.438. The van der Waals surface area contributed by atoms with Crippen molar-refractivity contribution in [2.24, 2.45) is 0 Å². The van der Waals surface area contributed by atoms with E-state index < -0.39 is 0 Å². The van der Waals surface area contributed by atoms with Gasteiger partial charge in [0.05, 0.1) is 18.9 Å². The second-order valence-electron chi connectivity index (χ2n) is 5.24. The molecule has 21 heavy (non-hydrogen) atoms. The zero-order valence-corrected chi connectivity index (χ0v) is 12.5. The predicted molar refractivity (Wildman–Crippen MR) is 82.1 cm³/mol. The molecular weight excluding hydrogens is 264 g/mol. The Labute approximate surface area is 124 Å². The molecule has 0 radical (unpaired) electrons. The van der Waals surface area contributed by atoms with E-state index in [-0.39, 0.29) is 0 Å². The van der Waals surface area contributed by atoms with Gasteiger partial charge in [-0.1, -0.05) is 6.92 Å². The summed E-state index contributed by atoms with van der Waals surface area (Å²) in [6.45, 7) is 6.33. The maximum Gasteiger partial charge on any atom is 0.163 e. The summed E-state index contributed by atoms with van der Waals surface area (Å²) in [5, 5.41) is 3.39. The zero-order chi connectivity index (χ0) is 14.7. The number of nitrogens with zero attached hydrogens (tertiary/aromatic N) is 3. The van der Waals surface area contributed by atoms with Crippen LogP contribution in [0.25, 0.3) is 11.4 Å². The fourth-order valence-electron chi connectivity index (χ4n) is 2.35. The summed E-state index contributed by atoms with van der Waals surface area (Å²) in [7, 11) is 0. The highest BCUT2D eigenvalue weighted by Crippen LogP contribution is 2.26. The molecular formula is C16H20N4O. The standard InChI is InChI=1S/C16H20N4O/c1-3-7-17-16-13-10-21-8-6-14(13)19-15(20-16)12-5-4-11(2)18-9-12/h4-5,9H,3,6-8,10H2,1-2H3,(H,17,19,20). The van der Waals surface area contributed by atoms with Crippen molar-refractivity contribution in [1.29, 1.82) is 0 Å². The largest absolute Gasteiger partial charge is 0.376 e. The Morgan fingerprint density at radius 1 is 1.29 bits per heavy atom. The molecule has 3 heterocycles. The number of ether oxygens (including phenoxy) is 1. The second kappa shape index (κ2) is 6.18. The molecule has 0 spiro atoms. The lowest BCUT2D eigenvalue weighted by molar-refractivity contribution is 0.109. The normalized spacial score (nSPS) is 13.8. The Morgan fingerprint density at radius 2 is 2.19 bits per heavy atom. The van der Waals surface area contributed by atoms with Crippen molar-refractivity contribution < 1.29 is 4.74 Å². The quantitative estimate of drug-likeness (QED) is 0.935. The monoisotopic (exact) mass is 284 g/mol. The van der Waals surface area contributed by atoms with E-state index >= 15 is 0 Å². The second-order valence-corrected chi connectivity index (χ2v) is 5.24. The van der Waals surface area contributed by atoms with E-state index in [9.17, 15) is 0 Å². The number of aryl methyl sites for hydroxylation is 1. The van der Waals surface area contributed by atoms with E-state index in [1.54, 1.807) is 0 Å². The molecule has 3 rings (SSSR count). The van der Waals surface area contributed by atoms with Crippen LogP contribution in [0, 0.1) is 6.92 Å². The number of nitrogens with one attached hydrogen (secondary N) is 1. The Kier molecular flexibility index (Phi) is 4.10. The summed E-state index contributed by atoms with van der Waals surface area (Å²) in [4.78, 5) is 13.7. The third kappa shape index (κ3) is 3.03. The van der Waals surface area contributed by atoms with Crippen LogP contribution < -0.4 is 5.32 Å². The molecule has 2 aromatic heterocycles. The lowest BCUT2D eigenvalue weighted by Crippen LogP contribution is -2.17. The van der Waals surface area contributed by atoms with Gasteiger partial charge >= 0.3 is 0 Å². The third-order valence-electron chi connectivity index (χ3n) is 3.53. The molecule has 2 aromatic rings. The van der Waals surface area contributed by atoms with Crippen molar-refractivity contribution in [2.45, 2.75) is 33.3 Å². The van der Waals surface area contributed by atoms with Crippen LogP contribution in [-0.4, -0.2) is 28.1 Å². The smallest absolute Gasteiger partial charge is 0.163 e. The van der Waals surface area contributed by atoms with Gasteiger partial charge in [-0.15, -0.1) is 0 Å². The van der Waals surface area contributed by atoms with Gasteiger partial charge in [0.15, 0.2) is 5.82 Å². The molecule has 0 saturated carbocycles. The van der Waals surface area contributed by atoms with Crippen LogP contribution in [-0.2, 0) is 17.8 Å². The highest BCUT2D eigenvalue weighted by atomic mass is 16.5. The minimum atomic E-state index is 0.591. The number of aromatic nitrogens is 3. The molecule has 0 aromatic carbocycles. The summed E-state index contributed by atoms with van der Waals surface area (Å²) < 4.78 is 5.55. The molecule has 0 aliphatic carbocycles. The van der Waals surface area contributed by atoms with Gasteiger partial charge in [-0.2, -0.15) is 0 Å². The number of fused-ring (bicyclic) bond motifs is 1. The summed E-state index contributed by atoms with van der Waals surface area (Å²) in [5.41, 5.74) is 4.13. The first-order valence-electron chi connectivity index (χ1n) is 7.42. The number of hydrogen-bond acceptors (Lipinski definition) is 5. The molecule has 1 aliphatic heterocycles. The van der Waals surface area contributed by atoms with Crippen LogP contribution in [0.5, 0.6) is 0 Å².